The second-order valence-electron chi connectivity index (χ2n) is 7.90. The minimum Gasteiger partial charge on any atom is -0.339 e. The van der Waals surface area contributed by atoms with Gasteiger partial charge in [0.2, 0.25) is 5.95 Å². The first-order valence-corrected chi connectivity index (χ1v) is 10.8. The summed E-state index contributed by atoms with van der Waals surface area (Å²) in [5, 5.41) is 10.6. The molecular weight excluding hydrogens is 396 g/mol. The van der Waals surface area contributed by atoms with Crippen molar-refractivity contribution in [2.45, 2.75) is 19.4 Å². The van der Waals surface area contributed by atoms with E-state index < -0.39 is 0 Å². The number of aryl methyl sites for hydroxylation is 2. The average molecular weight is 421 g/mol. The lowest BCUT2D eigenvalue weighted by molar-refractivity contribution is 0.233. The Balaban J connectivity index is 1.52. The van der Waals surface area contributed by atoms with E-state index in [1.54, 1.807) is 6.20 Å². The summed E-state index contributed by atoms with van der Waals surface area (Å²) in [5.74, 6) is 1.13. The second-order valence-corrected chi connectivity index (χ2v) is 8.31. The van der Waals surface area contributed by atoms with Crippen LogP contribution in [0, 0.1) is 0 Å². The number of anilines is 4. The van der Waals surface area contributed by atoms with Crippen molar-refractivity contribution in [1.29, 1.82) is 0 Å². The standard InChI is InChI=1S/C23H25ClN6/c24-21-14-26-23-28-19-3-1-2-16(11-19)4-5-17-10-18(15-30-8-6-25-7-9-30)13-20(12-17)27-22(21)29-23/h1-3,10-14,25H,4-9,15H2,(H2,26,27,28,29). The van der Waals surface area contributed by atoms with Crippen molar-refractivity contribution in [1.82, 2.24) is 20.2 Å². The Morgan fingerprint density at radius 1 is 0.933 bits per heavy atom. The molecule has 0 saturated carbocycles. The monoisotopic (exact) mass is 420 g/mol. The molecule has 0 radical (unpaired) electrons. The van der Waals surface area contributed by atoms with Crippen LogP contribution >= 0.6 is 11.6 Å². The first-order chi connectivity index (χ1) is 14.7. The summed E-state index contributed by atoms with van der Waals surface area (Å²) in [4.78, 5) is 11.4. The van der Waals surface area contributed by atoms with Crippen molar-refractivity contribution in [3.63, 3.8) is 0 Å². The Hall–Kier alpha value is -2.67. The Labute approximate surface area is 181 Å². The van der Waals surface area contributed by atoms with Gasteiger partial charge in [-0.25, -0.2) is 4.98 Å². The number of nitrogens with one attached hydrogen (secondary N) is 3. The number of benzene rings is 2. The Bertz CT molecular complexity index is 1050. The van der Waals surface area contributed by atoms with Gasteiger partial charge in [-0.15, -0.1) is 0 Å². The molecule has 3 N–H and O–H groups in total. The number of fused-ring (bicyclic) bond motifs is 6. The summed E-state index contributed by atoms with van der Waals surface area (Å²) >= 11 is 6.40. The Kier molecular flexibility index (Phi) is 5.53. The number of nitrogens with zero attached hydrogens (tertiary/aromatic N) is 3. The number of hydrogen-bond donors (Lipinski definition) is 3. The van der Waals surface area contributed by atoms with Gasteiger partial charge in [0.1, 0.15) is 5.02 Å². The molecule has 0 spiro atoms. The third-order valence-electron chi connectivity index (χ3n) is 5.56. The highest BCUT2D eigenvalue weighted by molar-refractivity contribution is 6.32. The van der Waals surface area contributed by atoms with Crippen LogP contribution in [-0.2, 0) is 19.4 Å². The summed E-state index contributed by atoms with van der Waals surface area (Å²) in [6, 6.07) is 15.2. The number of rotatable bonds is 2. The molecule has 30 heavy (non-hydrogen) atoms. The van der Waals surface area contributed by atoms with E-state index in [9.17, 15) is 0 Å². The fourth-order valence-corrected chi connectivity index (χ4v) is 4.21. The van der Waals surface area contributed by atoms with Crippen LogP contribution in [0.4, 0.5) is 23.1 Å². The molecule has 2 aliphatic heterocycles. The van der Waals surface area contributed by atoms with Gasteiger partial charge in [0.05, 0.1) is 6.20 Å². The van der Waals surface area contributed by atoms with E-state index in [0.29, 0.717) is 16.8 Å². The summed E-state index contributed by atoms with van der Waals surface area (Å²) < 4.78 is 0. The van der Waals surface area contributed by atoms with Crippen molar-refractivity contribution >= 4 is 34.7 Å². The van der Waals surface area contributed by atoms with Crippen molar-refractivity contribution in [3.8, 4) is 0 Å². The fraction of sp³-hybridized carbons (Fsp3) is 0.304. The van der Waals surface area contributed by atoms with Crippen LogP contribution in [0.1, 0.15) is 16.7 Å². The molecule has 3 heterocycles. The van der Waals surface area contributed by atoms with Crippen LogP contribution in [0.25, 0.3) is 0 Å². The minimum absolute atomic E-state index is 0.498. The molecule has 2 aliphatic rings. The zero-order valence-electron chi connectivity index (χ0n) is 16.8. The van der Waals surface area contributed by atoms with Crippen molar-refractivity contribution in [2.24, 2.45) is 0 Å². The van der Waals surface area contributed by atoms with Crippen LogP contribution in [0.5, 0.6) is 0 Å². The molecule has 3 aromatic rings. The first-order valence-electron chi connectivity index (χ1n) is 10.4. The molecule has 7 heteroatoms. The Morgan fingerprint density at radius 3 is 2.67 bits per heavy atom. The van der Waals surface area contributed by atoms with E-state index in [1.807, 2.05) is 6.07 Å². The number of aromatic nitrogens is 2. The highest BCUT2D eigenvalue weighted by Gasteiger charge is 2.13. The lowest BCUT2D eigenvalue weighted by Crippen LogP contribution is -2.42. The van der Waals surface area contributed by atoms with Gasteiger partial charge in [-0.05, 0) is 53.8 Å². The van der Waals surface area contributed by atoms with E-state index in [4.69, 9.17) is 11.6 Å². The van der Waals surface area contributed by atoms with E-state index in [2.05, 4.69) is 67.2 Å². The van der Waals surface area contributed by atoms with E-state index in [-0.39, 0.29) is 0 Å². The fourth-order valence-electron chi connectivity index (χ4n) is 4.07. The molecule has 5 rings (SSSR count). The molecule has 6 nitrogen and oxygen atoms in total. The molecule has 6 bridgehead atoms. The van der Waals surface area contributed by atoms with Gasteiger partial charge in [0.15, 0.2) is 5.82 Å². The summed E-state index contributed by atoms with van der Waals surface area (Å²) in [6.45, 7) is 5.20. The zero-order chi connectivity index (χ0) is 20.3. The molecule has 0 unspecified atom stereocenters. The lowest BCUT2D eigenvalue weighted by Gasteiger charge is -2.27. The molecule has 1 fully saturated rings. The SMILES string of the molecule is Clc1cnc2nc1Nc1cc(cc(CN3CCNCC3)c1)CCc1cccc(c1)N2. The normalized spacial score (nSPS) is 16.4. The third kappa shape index (κ3) is 4.56. The average Bonchev–Trinajstić information content (AvgIpc) is 2.75. The van der Waals surface area contributed by atoms with Crippen molar-refractivity contribution < 1.29 is 0 Å². The van der Waals surface area contributed by atoms with E-state index in [0.717, 1.165) is 56.9 Å². The molecule has 0 amide bonds. The number of halogens is 1. The van der Waals surface area contributed by atoms with Crippen molar-refractivity contribution in [2.75, 3.05) is 36.8 Å². The quantitative estimate of drug-likeness (QED) is 0.579. The van der Waals surface area contributed by atoms with Crippen LogP contribution in [0.3, 0.4) is 0 Å². The zero-order valence-corrected chi connectivity index (χ0v) is 17.5. The van der Waals surface area contributed by atoms with Crippen LogP contribution in [0.2, 0.25) is 5.02 Å². The second kappa shape index (κ2) is 8.60. The van der Waals surface area contributed by atoms with Crippen LogP contribution < -0.4 is 16.0 Å². The van der Waals surface area contributed by atoms with Gasteiger partial charge in [-0.2, -0.15) is 4.98 Å². The summed E-state index contributed by atoms with van der Waals surface area (Å²) in [5.41, 5.74) is 5.90. The molecule has 1 saturated heterocycles. The van der Waals surface area contributed by atoms with Gasteiger partial charge in [0, 0.05) is 44.1 Å². The smallest absolute Gasteiger partial charge is 0.229 e. The van der Waals surface area contributed by atoms with Gasteiger partial charge in [-0.3, -0.25) is 4.90 Å². The van der Waals surface area contributed by atoms with Gasteiger partial charge < -0.3 is 16.0 Å². The third-order valence-corrected chi connectivity index (χ3v) is 5.84. The summed E-state index contributed by atoms with van der Waals surface area (Å²) in [6.07, 6.45) is 3.59. The first kappa shape index (κ1) is 19.3. The maximum Gasteiger partial charge on any atom is 0.229 e. The maximum atomic E-state index is 6.40. The Morgan fingerprint density at radius 2 is 1.77 bits per heavy atom. The lowest BCUT2D eigenvalue weighted by atomic mass is 10.0. The highest BCUT2D eigenvalue weighted by atomic mass is 35.5. The van der Waals surface area contributed by atoms with Gasteiger partial charge >= 0.3 is 0 Å². The maximum absolute atomic E-state index is 6.40. The predicted molar refractivity (Wildman–Crippen MR) is 122 cm³/mol. The van der Waals surface area contributed by atoms with Gasteiger partial charge in [-0.1, -0.05) is 29.8 Å². The van der Waals surface area contributed by atoms with Crippen LogP contribution in [-0.4, -0.2) is 41.0 Å². The molecule has 0 aliphatic carbocycles. The van der Waals surface area contributed by atoms with E-state index in [1.165, 1.54) is 16.7 Å². The molecule has 1 aromatic heterocycles. The van der Waals surface area contributed by atoms with Crippen molar-refractivity contribution in [3.05, 3.63) is 70.4 Å². The number of piperazine rings is 1. The molecular formula is C23H25ClN6. The van der Waals surface area contributed by atoms with Crippen LogP contribution in [0.15, 0.2) is 48.7 Å². The predicted octanol–water partition coefficient (Wildman–Crippen LogP) is 4.12. The highest BCUT2D eigenvalue weighted by Crippen LogP contribution is 2.28. The minimum atomic E-state index is 0.498. The van der Waals surface area contributed by atoms with Gasteiger partial charge in [0.25, 0.3) is 0 Å². The van der Waals surface area contributed by atoms with E-state index >= 15 is 0 Å². The topological polar surface area (TPSA) is 65.1 Å². The number of hydrogen-bond acceptors (Lipinski definition) is 6. The summed E-state index contributed by atoms with van der Waals surface area (Å²) in [7, 11) is 0. The molecule has 2 aromatic carbocycles. The molecule has 154 valence electrons. The largest absolute Gasteiger partial charge is 0.339 e. The molecule has 0 atom stereocenters.